The fourth-order valence-electron chi connectivity index (χ4n) is 2.02. The molecule has 2 rings (SSSR count). The molecule has 1 N–H and O–H groups in total. The average molecular weight is 286 g/mol. The van der Waals surface area contributed by atoms with E-state index in [-0.39, 0.29) is 0 Å². The number of thioether (sulfide) groups is 1. The lowest BCUT2D eigenvalue weighted by molar-refractivity contribution is 0.789. The van der Waals surface area contributed by atoms with E-state index in [0.717, 1.165) is 40.7 Å². The van der Waals surface area contributed by atoms with Crippen molar-refractivity contribution in [2.45, 2.75) is 18.2 Å². The maximum atomic E-state index is 9.33. The molecule has 0 unspecified atom stereocenters. The standard InChI is InChI=1S/C15H18N4S/c1-3-20-14-6-4-5-13(12(14)11-16)17-8-7-15-18-9-10-19(15)2/h4-6,9-10,17H,3,7-8H2,1-2H3. The number of aromatic nitrogens is 2. The van der Waals surface area contributed by atoms with E-state index in [9.17, 15) is 5.26 Å². The Kier molecular flexibility index (Phi) is 5.08. The summed E-state index contributed by atoms with van der Waals surface area (Å²) in [5.74, 6) is 2.00. The molecule has 1 aromatic heterocycles. The van der Waals surface area contributed by atoms with Crippen LogP contribution in [0.3, 0.4) is 0 Å². The summed E-state index contributed by atoms with van der Waals surface area (Å²) in [5.41, 5.74) is 1.64. The van der Waals surface area contributed by atoms with E-state index in [0.29, 0.717) is 0 Å². The van der Waals surface area contributed by atoms with Crippen LogP contribution in [0.25, 0.3) is 0 Å². The van der Waals surface area contributed by atoms with Gasteiger partial charge in [0.1, 0.15) is 11.9 Å². The number of nitrogens with zero attached hydrogens (tertiary/aromatic N) is 3. The molecule has 0 atom stereocenters. The molecule has 1 aromatic carbocycles. The molecule has 2 aromatic rings. The third kappa shape index (κ3) is 3.34. The van der Waals surface area contributed by atoms with E-state index in [1.165, 1.54) is 0 Å². The van der Waals surface area contributed by atoms with Gasteiger partial charge in [0.2, 0.25) is 0 Å². The Morgan fingerprint density at radius 1 is 1.45 bits per heavy atom. The van der Waals surface area contributed by atoms with Crippen LogP contribution in [0.4, 0.5) is 5.69 Å². The number of nitrogens with one attached hydrogen (secondary N) is 1. The average Bonchev–Trinajstić information content (AvgIpc) is 2.85. The number of imidazole rings is 1. The molecule has 0 amide bonds. The van der Waals surface area contributed by atoms with Gasteiger partial charge in [0.15, 0.2) is 0 Å². The van der Waals surface area contributed by atoms with E-state index < -0.39 is 0 Å². The van der Waals surface area contributed by atoms with Crippen molar-refractivity contribution in [1.29, 1.82) is 5.26 Å². The fraction of sp³-hybridized carbons (Fsp3) is 0.333. The van der Waals surface area contributed by atoms with Crippen molar-refractivity contribution >= 4 is 17.4 Å². The molecule has 0 aliphatic heterocycles. The number of hydrogen-bond donors (Lipinski definition) is 1. The monoisotopic (exact) mass is 286 g/mol. The highest BCUT2D eigenvalue weighted by atomic mass is 32.2. The minimum Gasteiger partial charge on any atom is -0.383 e. The minimum atomic E-state index is 0.735. The van der Waals surface area contributed by atoms with Gasteiger partial charge in [-0.3, -0.25) is 0 Å². The highest BCUT2D eigenvalue weighted by Crippen LogP contribution is 2.27. The van der Waals surface area contributed by atoms with Crippen LogP contribution >= 0.6 is 11.8 Å². The van der Waals surface area contributed by atoms with Crippen molar-refractivity contribution in [3.05, 3.63) is 42.0 Å². The molecule has 0 bridgehead atoms. The van der Waals surface area contributed by atoms with Gasteiger partial charge < -0.3 is 9.88 Å². The Hall–Kier alpha value is -1.93. The summed E-state index contributed by atoms with van der Waals surface area (Å²) in [6, 6.07) is 8.24. The van der Waals surface area contributed by atoms with Gasteiger partial charge in [-0.25, -0.2) is 4.98 Å². The van der Waals surface area contributed by atoms with Gasteiger partial charge in [-0.05, 0) is 17.9 Å². The summed E-state index contributed by atoms with van der Waals surface area (Å²) in [6.45, 7) is 2.85. The van der Waals surface area contributed by atoms with Crippen LogP contribution in [0.15, 0.2) is 35.5 Å². The smallest absolute Gasteiger partial charge is 0.110 e. The van der Waals surface area contributed by atoms with Gasteiger partial charge in [0.25, 0.3) is 0 Å². The Morgan fingerprint density at radius 3 is 2.95 bits per heavy atom. The maximum absolute atomic E-state index is 9.33. The van der Waals surface area contributed by atoms with Crippen molar-refractivity contribution in [1.82, 2.24) is 9.55 Å². The van der Waals surface area contributed by atoms with Gasteiger partial charge >= 0.3 is 0 Å². The molecule has 0 saturated heterocycles. The van der Waals surface area contributed by atoms with E-state index in [1.54, 1.807) is 18.0 Å². The second-order valence-electron chi connectivity index (χ2n) is 4.35. The lowest BCUT2D eigenvalue weighted by Gasteiger charge is -2.11. The first kappa shape index (κ1) is 14.5. The highest BCUT2D eigenvalue weighted by Gasteiger charge is 2.08. The number of rotatable bonds is 6. The van der Waals surface area contributed by atoms with E-state index >= 15 is 0 Å². The van der Waals surface area contributed by atoms with Gasteiger partial charge in [-0.1, -0.05) is 13.0 Å². The SMILES string of the molecule is CCSc1cccc(NCCc2nccn2C)c1C#N. The van der Waals surface area contributed by atoms with Crippen LogP contribution in [0.2, 0.25) is 0 Å². The molecular weight excluding hydrogens is 268 g/mol. The van der Waals surface area contributed by atoms with Gasteiger partial charge in [-0.15, -0.1) is 11.8 Å². The minimum absolute atomic E-state index is 0.735. The van der Waals surface area contributed by atoms with Crippen LogP contribution < -0.4 is 5.32 Å². The summed E-state index contributed by atoms with van der Waals surface area (Å²) in [4.78, 5) is 5.33. The van der Waals surface area contributed by atoms with Crippen LogP contribution in [0, 0.1) is 11.3 Å². The largest absolute Gasteiger partial charge is 0.383 e. The molecule has 0 saturated carbocycles. The van der Waals surface area contributed by atoms with Crippen molar-refractivity contribution in [2.24, 2.45) is 7.05 Å². The molecule has 0 radical (unpaired) electrons. The third-order valence-electron chi connectivity index (χ3n) is 3.02. The molecule has 104 valence electrons. The normalized spacial score (nSPS) is 10.2. The van der Waals surface area contributed by atoms with Crippen molar-refractivity contribution in [2.75, 3.05) is 17.6 Å². The number of hydrogen-bond acceptors (Lipinski definition) is 4. The molecule has 0 aliphatic carbocycles. The number of aryl methyl sites for hydroxylation is 1. The molecule has 0 spiro atoms. The molecule has 1 heterocycles. The first-order valence-corrected chi connectivity index (χ1v) is 7.60. The predicted molar refractivity (Wildman–Crippen MR) is 83.0 cm³/mol. The second kappa shape index (κ2) is 7.01. The van der Waals surface area contributed by atoms with E-state index in [1.807, 2.05) is 36.0 Å². The lowest BCUT2D eigenvalue weighted by atomic mass is 10.2. The molecule has 4 nitrogen and oxygen atoms in total. The molecule has 20 heavy (non-hydrogen) atoms. The molecule has 0 aliphatic rings. The molecular formula is C15H18N4S. The van der Waals surface area contributed by atoms with E-state index in [2.05, 4.69) is 23.3 Å². The van der Waals surface area contributed by atoms with Gasteiger partial charge in [-0.2, -0.15) is 5.26 Å². The topological polar surface area (TPSA) is 53.6 Å². The first-order valence-electron chi connectivity index (χ1n) is 6.62. The Morgan fingerprint density at radius 2 is 2.30 bits per heavy atom. The van der Waals surface area contributed by atoms with Crippen LogP contribution in [0.5, 0.6) is 0 Å². The Labute approximate surface area is 123 Å². The van der Waals surface area contributed by atoms with Crippen LogP contribution in [0.1, 0.15) is 18.3 Å². The van der Waals surface area contributed by atoms with Gasteiger partial charge in [0, 0.05) is 37.3 Å². The van der Waals surface area contributed by atoms with Gasteiger partial charge in [0.05, 0.1) is 11.3 Å². The zero-order chi connectivity index (χ0) is 14.4. The highest BCUT2D eigenvalue weighted by molar-refractivity contribution is 7.99. The molecule has 5 heteroatoms. The summed E-state index contributed by atoms with van der Waals surface area (Å²) in [5, 5.41) is 12.7. The number of nitriles is 1. The first-order chi connectivity index (χ1) is 9.76. The quantitative estimate of drug-likeness (QED) is 0.829. The van der Waals surface area contributed by atoms with Crippen LogP contribution in [-0.2, 0) is 13.5 Å². The predicted octanol–water partition coefficient (Wildman–Crippen LogP) is 3.06. The summed E-state index contributed by atoms with van der Waals surface area (Å²) in [6.07, 6.45) is 4.57. The van der Waals surface area contributed by atoms with Crippen molar-refractivity contribution < 1.29 is 0 Å². The van der Waals surface area contributed by atoms with Crippen molar-refractivity contribution in [3.8, 4) is 6.07 Å². The third-order valence-corrected chi connectivity index (χ3v) is 3.96. The molecule has 0 fully saturated rings. The number of anilines is 1. The van der Waals surface area contributed by atoms with Crippen molar-refractivity contribution in [3.63, 3.8) is 0 Å². The zero-order valence-electron chi connectivity index (χ0n) is 11.8. The van der Waals surface area contributed by atoms with E-state index in [4.69, 9.17) is 0 Å². The summed E-state index contributed by atoms with van der Waals surface area (Å²) < 4.78 is 2.01. The maximum Gasteiger partial charge on any atom is 0.110 e. The lowest BCUT2D eigenvalue weighted by Crippen LogP contribution is -2.09. The Bertz CT molecular complexity index is 613. The van der Waals surface area contributed by atoms with Crippen LogP contribution in [-0.4, -0.2) is 21.8 Å². The fourth-order valence-corrected chi connectivity index (χ4v) is 2.80. The summed E-state index contributed by atoms with van der Waals surface area (Å²) >= 11 is 1.70. The Balaban J connectivity index is 2.04. The zero-order valence-corrected chi connectivity index (χ0v) is 12.6. The summed E-state index contributed by atoms with van der Waals surface area (Å²) in [7, 11) is 1.99. The second-order valence-corrected chi connectivity index (χ2v) is 5.66. The number of benzene rings is 1.